The molecule has 116 valence electrons. The zero-order valence-corrected chi connectivity index (χ0v) is 13.1. The molecule has 1 aromatic carbocycles. The first kappa shape index (κ1) is 15.8. The van der Waals surface area contributed by atoms with Crippen molar-refractivity contribution in [2.75, 3.05) is 26.2 Å². The summed E-state index contributed by atoms with van der Waals surface area (Å²) in [6.45, 7) is 9.56. The molecule has 0 aromatic heterocycles. The van der Waals surface area contributed by atoms with Crippen LogP contribution in [0.3, 0.4) is 0 Å². The van der Waals surface area contributed by atoms with Gasteiger partial charge in [0, 0.05) is 32.7 Å². The van der Waals surface area contributed by atoms with Gasteiger partial charge in [-0.25, -0.2) is 0 Å². The lowest BCUT2D eigenvalue weighted by molar-refractivity contribution is -0.127. The summed E-state index contributed by atoms with van der Waals surface area (Å²) in [5.74, 6) is 0.441. The van der Waals surface area contributed by atoms with Gasteiger partial charge in [0.25, 0.3) is 0 Å². The van der Waals surface area contributed by atoms with Crippen molar-refractivity contribution in [3.63, 3.8) is 0 Å². The molecule has 1 amide bonds. The van der Waals surface area contributed by atoms with Crippen molar-refractivity contribution >= 4 is 5.91 Å². The molecule has 0 saturated carbocycles. The highest BCUT2D eigenvalue weighted by atomic mass is 16.3. The van der Waals surface area contributed by atoms with Gasteiger partial charge in [-0.3, -0.25) is 9.69 Å². The van der Waals surface area contributed by atoms with E-state index >= 15 is 0 Å². The van der Waals surface area contributed by atoms with E-state index in [2.05, 4.69) is 15.5 Å². The number of hydrogen-bond acceptors (Lipinski definition) is 4. The molecule has 1 atom stereocenters. The molecule has 1 aliphatic rings. The van der Waals surface area contributed by atoms with Crippen molar-refractivity contribution in [3.05, 3.63) is 28.8 Å². The van der Waals surface area contributed by atoms with Gasteiger partial charge in [-0.15, -0.1) is 0 Å². The lowest BCUT2D eigenvalue weighted by Gasteiger charge is -2.35. The van der Waals surface area contributed by atoms with Crippen molar-refractivity contribution in [1.29, 1.82) is 0 Å². The van der Waals surface area contributed by atoms with Gasteiger partial charge in [-0.1, -0.05) is 12.1 Å². The van der Waals surface area contributed by atoms with Crippen molar-refractivity contribution in [2.24, 2.45) is 0 Å². The molecule has 1 unspecified atom stereocenters. The number of rotatable bonds is 4. The summed E-state index contributed by atoms with van der Waals surface area (Å²) in [6, 6.07) is 3.87. The number of phenols is 1. The Labute approximate surface area is 126 Å². The van der Waals surface area contributed by atoms with Crippen LogP contribution in [0.4, 0.5) is 0 Å². The van der Waals surface area contributed by atoms with Gasteiger partial charge in [-0.05, 0) is 37.5 Å². The molecule has 0 spiro atoms. The second-order valence-electron chi connectivity index (χ2n) is 5.66. The van der Waals surface area contributed by atoms with Crippen LogP contribution in [0.5, 0.6) is 5.75 Å². The number of amides is 1. The SMILES string of the molecule is CCNC(=O)C1CNCCN1Cc1cc(C)c(O)c(C)c1. The molecule has 0 bridgehead atoms. The van der Waals surface area contributed by atoms with Crippen LogP contribution in [0, 0.1) is 13.8 Å². The molecule has 21 heavy (non-hydrogen) atoms. The fourth-order valence-corrected chi connectivity index (χ4v) is 2.86. The zero-order valence-electron chi connectivity index (χ0n) is 13.1. The minimum absolute atomic E-state index is 0.0805. The molecule has 1 heterocycles. The number of hydrogen-bond donors (Lipinski definition) is 3. The van der Waals surface area contributed by atoms with Crippen molar-refractivity contribution in [2.45, 2.75) is 33.4 Å². The Kier molecular flexibility index (Phi) is 5.20. The predicted octanol–water partition coefficient (Wildman–Crippen LogP) is 0.919. The Morgan fingerprint density at radius 2 is 2.10 bits per heavy atom. The lowest BCUT2D eigenvalue weighted by Crippen LogP contribution is -2.57. The molecule has 0 radical (unpaired) electrons. The maximum Gasteiger partial charge on any atom is 0.238 e. The Balaban J connectivity index is 2.14. The van der Waals surface area contributed by atoms with Crippen molar-refractivity contribution < 1.29 is 9.90 Å². The van der Waals surface area contributed by atoms with E-state index in [4.69, 9.17) is 0 Å². The average Bonchev–Trinajstić information content (AvgIpc) is 2.45. The maximum atomic E-state index is 12.2. The van der Waals surface area contributed by atoms with E-state index in [1.165, 1.54) is 0 Å². The summed E-state index contributed by atoms with van der Waals surface area (Å²) in [7, 11) is 0. The summed E-state index contributed by atoms with van der Waals surface area (Å²) in [5, 5.41) is 16.0. The van der Waals surface area contributed by atoms with E-state index in [-0.39, 0.29) is 11.9 Å². The Bertz CT molecular complexity index is 493. The number of nitrogens with zero attached hydrogens (tertiary/aromatic N) is 1. The molecule has 1 aromatic rings. The fraction of sp³-hybridized carbons (Fsp3) is 0.562. The van der Waals surface area contributed by atoms with Crippen LogP contribution >= 0.6 is 0 Å². The molecule has 2 rings (SSSR count). The van der Waals surface area contributed by atoms with E-state index in [9.17, 15) is 9.90 Å². The number of piperazine rings is 1. The van der Waals surface area contributed by atoms with Crippen LogP contribution in [-0.2, 0) is 11.3 Å². The van der Waals surface area contributed by atoms with Gasteiger partial charge in [0.1, 0.15) is 11.8 Å². The van der Waals surface area contributed by atoms with E-state index in [1.807, 2.05) is 32.9 Å². The summed E-state index contributed by atoms with van der Waals surface area (Å²) >= 11 is 0. The number of benzene rings is 1. The minimum atomic E-state index is -0.131. The zero-order chi connectivity index (χ0) is 15.4. The topological polar surface area (TPSA) is 64.6 Å². The van der Waals surface area contributed by atoms with Crippen LogP contribution in [0.25, 0.3) is 0 Å². The molecule has 1 saturated heterocycles. The fourth-order valence-electron chi connectivity index (χ4n) is 2.86. The lowest BCUT2D eigenvalue weighted by atomic mass is 10.0. The number of carbonyl (C=O) groups is 1. The summed E-state index contributed by atoms with van der Waals surface area (Å²) in [4.78, 5) is 14.4. The molecule has 5 heteroatoms. The summed E-state index contributed by atoms with van der Waals surface area (Å²) in [5.41, 5.74) is 2.91. The van der Waals surface area contributed by atoms with Crippen LogP contribution < -0.4 is 10.6 Å². The number of aromatic hydroxyl groups is 1. The van der Waals surface area contributed by atoms with E-state index in [0.717, 1.165) is 36.3 Å². The Hall–Kier alpha value is -1.59. The normalized spacial score (nSPS) is 19.5. The third kappa shape index (κ3) is 3.74. The van der Waals surface area contributed by atoms with E-state index < -0.39 is 0 Å². The standard InChI is InChI=1S/C16H25N3O2/c1-4-18-16(21)14-9-17-5-6-19(14)10-13-7-11(2)15(20)12(3)8-13/h7-8,14,17,20H,4-6,9-10H2,1-3H3,(H,18,21). The highest BCUT2D eigenvalue weighted by Gasteiger charge is 2.28. The van der Waals surface area contributed by atoms with Crippen LogP contribution in [-0.4, -0.2) is 48.1 Å². The van der Waals surface area contributed by atoms with E-state index in [0.29, 0.717) is 18.8 Å². The first-order valence-electron chi connectivity index (χ1n) is 7.54. The molecular formula is C16H25N3O2. The highest BCUT2D eigenvalue weighted by molar-refractivity contribution is 5.82. The second-order valence-corrected chi connectivity index (χ2v) is 5.66. The third-order valence-electron chi connectivity index (χ3n) is 3.94. The first-order valence-corrected chi connectivity index (χ1v) is 7.54. The number of phenolic OH excluding ortho intramolecular Hbond substituents is 1. The van der Waals surface area contributed by atoms with Gasteiger partial charge in [0.05, 0.1) is 0 Å². The Morgan fingerprint density at radius 1 is 1.43 bits per heavy atom. The van der Waals surface area contributed by atoms with Gasteiger partial charge < -0.3 is 15.7 Å². The highest BCUT2D eigenvalue weighted by Crippen LogP contribution is 2.24. The number of aryl methyl sites for hydroxylation is 2. The Morgan fingerprint density at radius 3 is 2.71 bits per heavy atom. The molecular weight excluding hydrogens is 266 g/mol. The maximum absolute atomic E-state index is 12.2. The molecule has 5 nitrogen and oxygen atoms in total. The first-order chi connectivity index (χ1) is 10.0. The molecule has 1 aliphatic heterocycles. The quantitative estimate of drug-likeness (QED) is 0.772. The third-order valence-corrected chi connectivity index (χ3v) is 3.94. The molecule has 0 aliphatic carbocycles. The minimum Gasteiger partial charge on any atom is -0.507 e. The van der Waals surface area contributed by atoms with Gasteiger partial charge in [-0.2, -0.15) is 0 Å². The molecule has 3 N–H and O–H groups in total. The molecule has 1 fully saturated rings. The van der Waals surface area contributed by atoms with Gasteiger partial charge in [0.2, 0.25) is 5.91 Å². The second kappa shape index (κ2) is 6.91. The van der Waals surface area contributed by atoms with E-state index in [1.54, 1.807) is 0 Å². The average molecular weight is 291 g/mol. The predicted molar refractivity (Wildman–Crippen MR) is 83.3 cm³/mol. The largest absolute Gasteiger partial charge is 0.507 e. The van der Waals surface area contributed by atoms with Crippen molar-refractivity contribution in [3.8, 4) is 5.75 Å². The van der Waals surface area contributed by atoms with Crippen LogP contribution in [0.1, 0.15) is 23.6 Å². The van der Waals surface area contributed by atoms with Crippen LogP contribution in [0.15, 0.2) is 12.1 Å². The van der Waals surface area contributed by atoms with Crippen LogP contribution in [0.2, 0.25) is 0 Å². The summed E-state index contributed by atoms with van der Waals surface area (Å²) in [6.07, 6.45) is 0. The van der Waals surface area contributed by atoms with Crippen molar-refractivity contribution in [1.82, 2.24) is 15.5 Å². The van der Waals surface area contributed by atoms with Gasteiger partial charge >= 0.3 is 0 Å². The van der Waals surface area contributed by atoms with Gasteiger partial charge in [0.15, 0.2) is 0 Å². The number of carbonyl (C=O) groups excluding carboxylic acids is 1. The monoisotopic (exact) mass is 291 g/mol. The number of likely N-dealkylation sites (N-methyl/N-ethyl adjacent to an activating group) is 1. The smallest absolute Gasteiger partial charge is 0.238 e. The summed E-state index contributed by atoms with van der Waals surface area (Å²) < 4.78 is 0. The number of nitrogens with one attached hydrogen (secondary N) is 2.